The van der Waals surface area contributed by atoms with Gasteiger partial charge in [-0.1, -0.05) is 18.2 Å². The van der Waals surface area contributed by atoms with Crippen molar-refractivity contribution >= 4 is 33.9 Å². The smallest absolute Gasteiger partial charge is 0.133 e. The Morgan fingerprint density at radius 3 is 2.71 bits per heavy atom. The Kier molecular flexibility index (Phi) is 3.42. The zero-order chi connectivity index (χ0) is 9.80. The van der Waals surface area contributed by atoms with E-state index in [1.807, 2.05) is 30.3 Å². The molecule has 72 valence electrons. The van der Waals surface area contributed by atoms with Crippen LogP contribution in [0.2, 0.25) is 0 Å². The normalized spacial score (nSPS) is 10.1. The first kappa shape index (κ1) is 9.98. The van der Waals surface area contributed by atoms with E-state index < -0.39 is 0 Å². The van der Waals surface area contributed by atoms with Gasteiger partial charge in [0.1, 0.15) is 12.4 Å². The van der Waals surface area contributed by atoms with Crippen LogP contribution in [0.3, 0.4) is 0 Å². The van der Waals surface area contributed by atoms with Gasteiger partial charge in [0.25, 0.3) is 0 Å². The summed E-state index contributed by atoms with van der Waals surface area (Å²) in [6.45, 7) is 0.664. The fourth-order valence-electron chi connectivity index (χ4n) is 1.11. The van der Waals surface area contributed by atoms with Crippen LogP contribution in [0.25, 0.3) is 0 Å². The quantitative estimate of drug-likeness (QED) is 0.780. The second-order valence-corrected chi connectivity index (χ2v) is 4.99. The molecule has 0 N–H and O–H groups in total. The molecular formula is C11H9IOS. The van der Waals surface area contributed by atoms with E-state index >= 15 is 0 Å². The molecule has 0 fully saturated rings. The van der Waals surface area contributed by atoms with Crippen molar-refractivity contribution in [1.29, 1.82) is 0 Å². The van der Waals surface area contributed by atoms with E-state index in [0.29, 0.717) is 6.61 Å². The molecule has 0 spiro atoms. The minimum Gasteiger partial charge on any atom is -0.487 e. The van der Waals surface area contributed by atoms with Crippen LogP contribution in [0.1, 0.15) is 4.88 Å². The maximum atomic E-state index is 5.68. The minimum absolute atomic E-state index is 0.664. The van der Waals surface area contributed by atoms with Crippen molar-refractivity contribution < 1.29 is 4.74 Å². The van der Waals surface area contributed by atoms with Gasteiger partial charge in [-0.3, -0.25) is 0 Å². The maximum absolute atomic E-state index is 5.68. The lowest BCUT2D eigenvalue weighted by Crippen LogP contribution is -1.94. The Morgan fingerprint density at radius 2 is 2.00 bits per heavy atom. The second-order valence-electron chi connectivity index (χ2n) is 2.80. The van der Waals surface area contributed by atoms with Crippen LogP contribution in [0.4, 0.5) is 0 Å². The van der Waals surface area contributed by atoms with E-state index in [0.717, 1.165) is 9.32 Å². The summed E-state index contributed by atoms with van der Waals surface area (Å²) in [7, 11) is 0. The van der Waals surface area contributed by atoms with Crippen molar-refractivity contribution in [2.45, 2.75) is 6.61 Å². The van der Waals surface area contributed by atoms with Crippen molar-refractivity contribution in [3.63, 3.8) is 0 Å². The van der Waals surface area contributed by atoms with Gasteiger partial charge in [0, 0.05) is 4.88 Å². The number of halogens is 1. The van der Waals surface area contributed by atoms with Gasteiger partial charge in [-0.05, 0) is 46.2 Å². The molecule has 0 saturated carbocycles. The predicted octanol–water partition coefficient (Wildman–Crippen LogP) is 3.93. The molecule has 2 aromatic rings. The van der Waals surface area contributed by atoms with Gasteiger partial charge >= 0.3 is 0 Å². The van der Waals surface area contributed by atoms with Crippen molar-refractivity contribution in [3.8, 4) is 5.75 Å². The third-order valence-electron chi connectivity index (χ3n) is 1.79. The zero-order valence-electron chi connectivity index (χ0n) is 7.44. The van der Waals surface area contributed by atoms with Gasteiger partial charge in [-0.15, -0.1) is 11.3 Å². The molecule has 1 nitrogen and oxygen atoms in total. The lowest BCUT2D eigenvalue weighted by atomic mass is 10.3. The van der Waals surface area contributed by atoms with E-state index in [9.17, 15) is 0 Å². The first-order chi connectivity index (χ1) is 6.86. The van der Waals surface area contributed by atoms with Crippen LogP contribution in [0.15, 0.2) is 41.8 Å². The average molecular weight is 316 g/mol. The van der Waals surface area contributed by atoms with Crippen molar-refractivity contribution in [3.05, 3.63) is 50.2 Å². The van der Waals surface area contributed by atoms with Gasteiger partial charge in [-0.2, -0.15) is 0 Å². The summed E-state index contributed by atoms with van der Waals surface area (Å²) in [6.07, 6.45) is 0. The number of para-hydroxylation sites is 1. The van der Waals surface area contributed by atoms with Crippen molar-refractivity contribution in [1.82, 2.24) is 0 Å². The summed E-state index contributed by atoms with van der Waals surface area (Å²) in [5.41, 5.74) is 0. The predicted molar refractivity (Wildman–Crippen MR) is 67.8 cm³/mol. The summed E-state index contributed by atoms with van der Waals surface area (Å²) in [5, 5.41) is 2.06. The molecule has 0 unspecified atom stereocenters. The first-order valence-electron chi connectivity index (χ1n) is 4.26. The monoisotopic (exact) mass is 316 g/mol. The molecule has 14 heavy (non-hydrogen) atoms. The van der Waals surface area contributed by atoms with E-state index in [2.05, 4.69) is 34.0 Å². The molecule has 1 aromatic carbocycles. The Morgan fingerprint density at radius 1 is 1.14 bits per heavy atom. The van der Waals surface area contributed by atoms with Gasteiger partial charge < -0.3 is 4.74 Å². The topological polar surface area (TPSA) is 9.23 Å². The summed E-state index contributed by atoms with van der Waals surface area (Å²) in [5.74, 6) is 0.960. The molecule has 0 bridgehead atoms. The highest BCUT2D eigenvalue weighted by atomic mass is 127. The molecular weight excluding hydrogens is 307 g/mol. The Hall–Kier alpha value is -0.550. The van der Waals surface area contributed by atoms with E-state index in [1.54, 1.807) is 11.3 Å². The molecule has 0 amide bonds. The van der Waals surface area contributed by atoms with Crippen LogP contribution >= 0.6 is 33.9 Å². The fraction of sp³-hybridized carbons (Fsp3) is 0.0909. The van der Waals surface area contributed by atoms with Gasteiger partial charge in [0.2, 0.25) is 0 Å². The highest BCUT2D eigenvalue weighted by molar-refractivity contribution is 14.1. The number of hydrogen-bond acceptors (Lipinski definition) is 2. The number of hydrogen-bond donors (Lipinski definition) is 0. The third kappa shape index (κ3) is 2.48. The van der Waals surface area contributed by atoms with Crippen LogP contribution in [0.5, 0.6) is 5.75 Å². The van der Waals surface area contributed by atoms with E-state index in [4.69, 9.17) is 4.74 Å². The molecule has 1 aromatic heterocycles. The van der Waals surface area contributed by atoms with Crippen LogP contribution < -0.4 is 4.74 Å². The number of ether oxygens (including phenoxy) is 1. The van der Waals surface area contributed by atoms with Crippen LogP contribution in [0, 0.1) is 3.57 Å². The standard InChI is InChI=1S/C11H9IOS/c12-10-5-1-2-6-11(10)13-8-9-4-3-7-14-9/h1-7H,8H2. The zero-order valence-corrected chi connectivity index (χ0v) is 10.4. The Bertz CT molecular complexity index is 397. The van der Waals surface area contributed by atoms with Gasteiger partial charge in [0.15, 0.2) is 0 Å². The second kappa shape index (κ2) is 4.79. The number of benzene rings is 1. The molecule has 0 aliphatic rings. The third-order valence-corrected chi connectivity index (χ3v) is 3.53. The van der Waals surface area contributed by atoms with Crippen LogP contribution in [-0.4, -0.2) is 0 Å². The highest BCUT2D eigenvalue weighted by Crippen LogP contribution is 2.21. The van der Waals surface area contributed by atoms with E-state index in [1.165, 1.54) is 4.88 Å². The molecule has 1 heterocycles. The molecule has 0 aliphatic heterocycles. The summed E-state index contributed by atoms with van der Waals surface area (Å²) in [6, 6.07) is 12.2. The number of rotatable bonds is 3. The molecule has 0 aliphatic carbocycles. The lowest BCUT2D eigenvalue weighted by Gasteiger charge is -2.05. The SMILES string of the molecule is Ic1ccccc1OCc1cccs1. The Labute approximate surface area is 101 Å². The highest BCUT2D eigenvalue weighted by Gasteiger charge is 1.99. The average Bonchev–Trinajstić information content (AvgIpc) is 2.69. The fourth-order valence-corrected chi connectivity index (χ4v) is 2.26. The molecule has 0 atom stereocenters. The minimum atomic E-state index is 0.664. The summed E-state index contributed by atoms with van der Waals surface area (Å²) < 4.78 is 6.84. The number of thiophene rings is 1. The van der Waals surface area contributed by atoms with Crippen molar-refractivity contribution in [2.24, 2.45) is 0 Å². The van der Waals surface area contributed by atoms with Crippen LogP contribution in [-0.2, 0) is 6.61 Å². The lowest BCUT2D eigenvalue weighted by molar-refractivity contribution is 0.307. The Balaban J connectivity index is 2.02. The molecule has 3 heteroatoms. The largest absolute Gasteiger partial charge is 0.487 e. The van der Waals surface area contributed by atoms with E-state index in [-0.39, 0.29) is 0 Å². The molecule has 0 radical (unpaired) electrons. The first-order valence-corrected chi connectivity index (χ1v) is 6.22. The molecule has 2 rings (SSSR count). The summed E-state index contributed by atoms with van der Waals surface area (Å²) >= 11 is 4.00. The van der Waals surface area contributed by atoms with Gasteiger partial charge in [-0.25, -0.2) is 0 Å². The van der Waals surface area contributed by atoms with Crippen molar-refractivity contribution in [2.75, 3.05) is 0 Å². The summed E-state index contributed by atoms with van der Waals surface area (Å²) in [4.78, 5) is 1.25. The van der Waals surface area contributed by atoms with Gasteiger partial charge in [0.05, 0.1) is 3.57 Å². The maximum Gasteiger partial charge on any atom is 0.133 e. The molecule has 0 saturated heterocycles.